The zero-order chi connectivity index (χ0) is 103. The van der Waals surface area contributed by atoms with Crippen LogP contribution in [0.2, 0.25) is 0 Å². The van der Waals surface area contributed by atoms with Crippen molar-refractivity contribution in [1.29, 1.82) is 0 Å². The van der Waals surface area contributed by atoms with E-state index in [1.165, 1.54) is 89.0 Å². The highest BCUT2D eigenvalue weighted by Gasteiger charge is 2.24. The van der Waals surface area contributed by atoms with E-state index in [1.807, 2.05) is 24.3 Å². The van der Waals surface area contributed by atoms with E-state index < -0.39 is 0 Å². The fraction of sp³-hybridized carbons (Fsp3) is 0.235. The maximum Gasteiger partial charge on any atom is 0.0716 e. The molecular formula is C136H144N4O8. The Morgan fingerprint density at radius 2 is 0.338 bits per heavy atom. The van der Waals surface area contributed by atoms with Crippen LogP contribution in [0.15, 0.2) is 390 Å². The molecule has 0 spiro atoms. The SMILES string of the molecule is C=Cc1ccc(COCCCc2ccc(N(c3ccc(CCCOCc4ccc(C=C)cc4)cc3)c3ccc(-c4ccc(N(c5ccc(CCCOCc6ccc(C=C)cc6)cc5)c5ccc(CCCOCc6ccc(C=C)cc6)cc5)c(C)c4)cc3C)cc2)cc1.Cc1cc(-c2ccc(N(c3ccc(CCCO)cc3)c3ccc(CCCO)cc3)c(C)c2)ccc1N(c1ccc(CCCO)cc1)c1ccc(CCCO)cc1. The smallest absolute Gasteiger partial charge is 0.0716 e. The summed E-state index contributed by atoms with van der Waals surface area (Å²) in [7, 11) is 0. The minimum absolute atomic E-state index is 0.184. The minimum Gasteiger partial charge on any atom is -0.396 e. The second-order valence-corrected chi connectivity index (χ2v) is 38.4. The summed E-state index contributed by atoms with van der Waals surface area (Å²) < 4.78 is 24.3. The zero-order valence-electron chi connectivity index (χ0n) is 86.8. The maximum absolute atomic E-state index is 9.35. The molecule has 16 rings (SSSR count). The molecular weight excluding hydrogens is 1820 g/mol. The van der Waals surface area contributed by atoms with Gasteiger partial charge in [-0.3, -0.25) is 0 Å². The number of hydrogen-bond donors (Lipinski definition) is 4. The van der Waals surface area contributed by atoms with Gasteiger partial charge in [-0.15, -0.1) is 0 Å². The van der Waals surface area contributed by atoms with Crippen molar-refractivity contribution in [1.82, 2.24) is 0 Å². The fourth-order valence-electron chi connectivity index (χ4n) is 19.0. The van der Waals surface area contributed by atoms with E-state index in [0.717, 1.165) is 215 Å². The largest absolute Gasteiger partial charge is 0.396 e. The predicted molar refractivity (Wildman–Crippen MR) is 621 cm³/mol. The van der Waals surface area contributed by atoms with Gasteiger partial charge >= 0.3 is 0 Å². The van der Waals surface area contributed by atoms with E-state index in [-0.39, 0.29) is 26.4 Å². The molecule has 148 heavy (non-hydrogen) atoms. The van der Waals surface area contributed by atoms with E-state index in [9.17, 15) is 20.4 Å². The maximum atomic E-state index is 9.35. The quantitative estimate of drug-likeness (QED) is 0.0271. The van der Waals surface area contributed by atoms with Gasteiger partial charge in [0.25, 0.3) is 0 Å². The van der Waals surface area contributed by atoms with Crippen molar-refractivity contribution >= 4 is 92.6 Å². The number of aliphatic hydroxyl groups is 4. The molecule has 0 unspecified atom stereocenters. The lowest BCUT2D eigenvalue weighted by atomic mass is 9.98. The monoisotopic (exact) mass is 1960 g/mol. The molecule has 12 nitrogen and oxygen atoms in total. The van der Waals surface area contributed by atoms with Gasteiger partial charge in [-0.05, 0) is 410 Å². The number of aryl methyl sites for hydroxylation is 12. The molecule has 0 saturated heterocycles. The van der Waals surface area contributed by atoms with Crippen molar-refractivity contribution in [2.45, 2.75) is 157 Å². The van der Waals surface area contributed by atoms with Gasteiger partial charge in [0.05, 0.1) is 26.4 Å². The molecule has 0 radical (unpaired) electrons. The van der Waals surface area contributed by atoms with Gasteiger partial charge in [0.15, 0.2) is 0 Å². The molecule has 12 heteroatoms. The molecule has 0 atom stereocenters. The van der Waals surface area contributed by atoms with Crippen molar-refractivity contribution in [3.8, 4) is 22.3 Å². The van der Waals surface area contributed by atoms with Crippen LogP contribution < -0.4 is 19.6 Å². The van der Waals surface area contributed by atoms with Crippen molar-refractivity contribution in [3.05, 3.63) is 502 Å². The molecule has 16 aromatic rings. The van der Waals surface area contributed by atoms with Gasteiger partial charge in [0.2, 0.25) is 0 Å². The average molecular weight is 1960 g/mol. The molecule has 0 aliphatic carbocycles. The summed E-state index contributed by atoms with van der Waals surface area (Å²) in [5.41, 5.74) is 41.6. The van der Waals surface area contributed by atoms with Gasteiger partial charge in [0.1, 0.15) is 0 Å². The van der Waals surface area contributed by atoms with Crippen molar-refractivity contribution in [2.75, 3.05) is 72.5 Å². The van der Waals surface area contributed by atoms with Gasteiger partial charge in [-0.2, -0.15) is 0 Å². The number of rotatable bonds is 54. The molecule has 0 amide bonds. The molecule has 0 saturated carbocycles. The van der Waals surface area contributed by atoms with Crippen LogP contribution in [-0.2, 0) is 96.7 Å². The van der Waals surface area contributed by atoms with E-state index in [1.54, 1.807) is 0 Å². The van der Waals surface area contributed by atoms with E-state index >= 15 is 0 Å². The summed E-state index contributed by atoms with van der Waals surface area (Å²) in [6.45, 7) is 30.3. The Labute approximate surface area is 879 Å². The third kappa shape index (κ3) is 30.8. The molecule has 0 heterocycles. The Morgan fingerprint density at radius 1 is 0.189 bits per heavy atom. The number of hydrogen-bond acceptors (Lipinski definition) is 12. The van der Waals surface area contributed by atoms with E-state index in [4.69, 9.17) is 18.9 Å². The van der Waals surface area contributed by atoms with Crippen LogP contribution in [-0.4, -0.2) is 73.3 Å². The van der Waals surface area contributed by atoms with E-state index in [0.29, 0.717) is 52.9 Å². The summed E-state index contributed by atoms with van der Waals surface area (Å²) in [6, 6.07) is 132. The lowest BCUT2D eigenvalue weighted by Crippen LogP contribution is -2.12. The number of anilines is 12. The van der Waals surface area contributed by atoms with Gasteiger partial charge < -0.3 is 59.0 Å². The van der Waals surface area contributed by atoms with Crippen molar-refractivity contribution < 1.29 is 39.4 Å². The normalized spacial score (nSPS) is 11.1. The Hall–Kier alpha value is -14.6. The lowest BCUT2D eigenvalue weighted by Gasteiger charge is -2.28. The van der Waals surface area contributed by atoms with Crippen LogP contribution in [0.25, 0.3) is 46.6 Å². The highest BCUT2D eigenvalue weighted by molar-refractivity contribution is 5.87. The second kappa shape index (κ2) is 56.3. The van der Waals surface area contributed by atoms with E-state index in [2.05, 4.69) is 438 Å². The van der Waals surface area contributed by atoms with Gasteiger partial charge in [-0.25, -0.2) is 0 Å². The topological polar surface area (TPSA) is 131 Å². The number of aliphatic hydroxyl groups excluding tert-OH is 4. The Bertz CT molecular complexity index is 6100. The van der Waals surface area contributed by atoms with Gasteiger partial charge in [0, 0.05) is 121 Å². The third-order valence-corrected chi connectivity index (χ3v) is 27.4. The number of ether oxygens (including phenoxy) is 4. The minimum atomic E-state index is 0.184. The highest BCUT2D eigenvalue weighted by atomic mass is 16.5. The Morgan fingerprint density at radius 3 is 0.480 bits per heavy atom. The lowest BCUT2D eigenvalue weighted by molar-refractivity contribution is 0.118. The first-order valence-electron chi connectivity index (χ1n) is 52.6. The predicted octanol–water partition coefficient (Wildman–Crippen LogP) is 32.7. The third-order valence-electron chi connectivity index (χ3n) is 27.4. The van der Waals surface area contributed by atoms with Crippen molar-refractivity contribution in [3.63, 3.8) is 0 Å². The first kappa shape index (κ1) is 108. The first-order valence-corrected chi connectivity index (χ1v) is 52.6. The summed E-state index contributed by atoms with van der Waals surface area (Å²) in [5.74, 6) is 0. The van der Waals surface area contributed by atoms with Crippen LogP contribution in [0.3, 0.4) is 0 Å². The summed E-state index contributed by atoms with van der Waals surface area (Å²) in [5, 5.41) is 37.4. The molecule has 16 aromatic carbocycles. The van der Waals surface area contributed by atoms with Crippen LogP contribution in [0, 0.1) is 27.7 Å². The highest BCUT2D eigenvalue weighted by Crippen LogP contribution is 2.46. The Balaban J connectivity index is 0.000000250. The number of nitrogens with zero attached hydrogens (tertiary/aromatic N) is 4. The molecule has 0 aliphatic heterocycles. The van der Waals surface area contributed by atoms with Crippen LogP contribution in [0.4, 0.5) is 68.2 Å². The molecule has 0 fully saturated rings. The zero-order valence-corrected chi connectivity index (χ0v) is 86.8. The van der Waals surface area contributed by atoms with Crippen molar-refractivity contribution in [2.24, 2.45) is 0 Å². The standard InChI is InChI=1S/C86H88N2O4.C50H56N2O4/c1-7-67-19-27-75(28-20-67)61-89-55-11-15-71-35-45-81(46-36-71)87(82-47-37-72(38-48-82)16-12-56-90-62-76-29-21-68(8-2)22-30-76)85-53-43-79(59-65(85)5)80-44-54-86(66(6)60-80)88(83-49-39-73(40-50-83)17-13-57-91-63-77-31-23-69(9-3)24-32-77)84-51-41-74(42-52-84)18-14-58-92-64-78-33-25-70(10-4)26-34-78;1-37-35-43(19-29-49(37)51(45-21-11-39(12-22-45)7-3-31-53)46-23-13-40(14-24-46)8-4-32-54)44-20-30-50(38(2)36-44)52(47-25-15-41(16-26-47)9-5-33-55)48-27-17-42(18-28-48)10-6-34-56/h7-10,19-54,59-60H,1-4,11-18,55-58,61-64H2,5-6H3;11-30,35-36,53-56H,3-10,31-34H2,1-2H3. The molecule has 756 valence electrons. The average Bonchev–Trinajstić information content (AvgIpc) is 0.540. The van der Waals surface area contributed by atoms with Crippen LogP contribution in [0.1, 0.15) is 163 Å². The summed E-state index contributed by atoms with van der Waals surface area (Å²) in [4.78, 5) is 9.41. The second-order valence-electron chi connectivity index (χ2n) is 38.4. The molecule has 4 N–H and O–H groups in total. The number of benzene rings is 16. The van der Waals surface area contributed by atoms with Gasteiger partial charge in [-0.1, -0.05) is 269 Å². The van der Waals surface area contributed by atoms with Crippen LogP contribution in [0.5, 0.6) is 0 Å². The van der Waals surface area contributed by atoms with Crippen LogP contribution >= 0.6 is 0 Å². The fourth-order valence-corrected chi connectivity index (χ4v) is 19.0. The first-order chi connectivity index (χ1) is 72.6. The molecule has 0 aliphatic rings. The summed E-state index contributed by atoms with van der Waals surface area (Å²) in [6.07, 6.45) is 21.3. The molecule has 0 bridgehead atoms. The molecule has 0 aromatic heterocycles. The Kier molecular flexibility index (Phi) is 41.0. The summed E-state index contributed by atoms with van der Waals surface area (Å²) >= 11 is 0.